The van der Waals surface area contributed by atoms with E-state index in [0.29, 0.717) is 5.78 Å². The smallest absolute Gasteiger partial charge is 0.138 e. The average Bonchev–Trinajstić information content (AvgIpc) is 2.58. The van der Waals surface area contributed by atoms with Crippen LogP contribution in [0.1, 0.15) is 137 Å². The van der Waals surface area contributed by atoms with Gasteiger partial charge in [0.25, 0.3) is 0 Å². The van der Waals surface area contributed by atoms with E-state index in [-0.39, 0.29) is 5.41 Å². The van der Waals surface area contributed by atoms with Gasteiger partial charge in [-0.1, -0.05) is 118 Å². The van der Waals surface area contributed by atoms with Gasteiger partial charge in [0.15, 0.2) is 0 Å². The lowest BCUT2D eigenvalue weighted by molar-refractivity contribution is -0.127. The van der Waals surface area contributed by atoms with Crippen LogP contribution >= 0.6 is 0 Å². The van der Waals surface area contributed by atoms with Crippen molar-refractivity contribution in [1.82, 2.24) is 0 Å². The minimum atomic E-state index is -0.101. The predicted molar refractivity (Wildman–Crippen MR) is 109 cm³/mol. The molecule has 0 aromatic carbocycles. The Morgan fingerprint density at radius 2 is 0.917 bits per heavy atom. The third-order valence-corrected chi connectivity index (χ3v) is 5.65. The van der Waals surface area contributed by atoms with E-state index in [4.69, 9.17) is 0 Å². The molecular formula is C23H46O. The number of hydrogen-bond acceptors (Lipinski definition) is 1. The van der Waals surface area contributed by atoms with E-state index in [1.165, 1.54) is 89.9 Å². The van der Waals surface area contributed by atoms with Gasteiger partial charge in [0.1, 0.15) is 5.78 Å². The van der Waals surface area contributed by atoms with Crippen LogP contribution in [0.25, 0.3) is 0 Å². The first-order chi connectivity index (χ1) is 11.5. The molecular weight excluding hydrogens is 292 g/mol. The fourth-order valence-corrected chi connectivity index (χ4v) is 3.19. The molecule has 144 valence electrons. The summed E-state index contributed by atoms with van der Waals surface area (Å²) in [5.74, 6) is 0.458. The highest BCUT2D eigenvalue weighted by Crippen LogP contribution is 2.24. The molecule has 0 fully saturated rings. The lowest BCUT2D eigenvalue weighted by Crippen LogP contribution is -2.22. The van der Waals surface area contributed by atoms with Crippen molar-refractivity contribution in [3.63, 3.8) is 0 Å². The van der Waals surface area contributed by atoms with Crippen LogP contribution < -0.4 is 0 Å². The van der Waals surface area contributed by atoms with E-state index >= 15 is 0 Å². The quantitative estimate of drug-likeness (QED) is 0.230. The Hall–Kier alpha value is -0.330. The summed E-state index contributed by atoms with van der Waals surface area (Å²) >= 11 is 0. The molecule has 0 amide bonds. The molecule has 1 nitrogen and oxygen atoms in total. The summed E-state index contributed by atoms with van der Waals surface area (Å²) in [4.78, 5) is 12.0. The van der Waals surface area contributed by atoms with E-state index < -0.39 is 0 Å². The molecule has 0 spiro atoms. The Morgan fingerprint density at radius 1 is 0.583 bits per heavy atom. The number of unbranched alkanes of at least 4 members (excludes halogenated alkanes) is 14. The van der Waals surface area contributed by atoms with Crippen molar-refractivity contribution in [2.45, 2.75) is 137 Å². The Labute approximate surface area is 153 Å². The van der Waals surface area contributed by atoms with Crippen LogP contribution in [0.2, 0.25) is 0 Å². The number of hydrogen-bond donors (Lipinski definition) is 0. The first kappa shape index (κ1) is 23.7. The van der Waals surface area contributed by atoms with Gasteiger partial charge in [-0.2, -0.15) is 0 Å². The van der Waals surface area contributed by atoms with Crippen molar-refractivity contribution in [2.75, 3.05) is 0 Å². The summed E-state index contributed by atoms with van der Waals surface area (Å²) in [6.45, 7) is 8.57. The number of rotatable bonds is 18. The highest BCUT2D eigenvalue weighted by Gasteiger charge is 2.23. The first-order valence-corrected chi connectivity index (χ1v) is 11.1. The molecule has 0 N–H and O–H groups in total. The van der Waals surface area contributed by atoms with Gasteiger partial charge in [0.05, 0.1) is 0 Å². The molecule has 0 aliphatic carbocycles. The minimum Gasteiger partial charge on any atom is -0.299 e. The summed E-state index contributed by atoms with van der Waals surface area (Å²) in [6, 6.07) is 0. The van der Waals surface area contributed by atoms with Crippen molar-refractivity contribution in [1.29, 1.82) is 0 Å². The van der Waals surface area contributed by atoms with Gasteiger partial charge in [-0.15, -0.1) is 0 Å². The predicted octanol–water partition coefficient (Wildman–Crippen LogP) is 8.25. The minimum absolute atomic E-state index is 0.101. The van der Waals surface area contributed by atoms with Crippen molar-refractivity contribution in [3.05, 3.63) is 0 Å². The van der Waals surface area contributed by atoms with Gasteiger partial charge >= 0.3 is 0 Å². The van der Waals surface area contributed by atoms with Crippen molar-refractivity contribution in [3.8, 4) is 0 Å². The molecule has 0 saturated heterocycles. The summed E-state index contributed by atoms with van der Waals surface area (Å²) in [6.07, 6.45) is 22.5. The largest absolute Gasteiger partial charge is 0.299 e. The number of carbonyl (C=O) groups excluding carboxylic acids is 1. The van der Waals surface area contributed by atoms with Gasteiger partial charge in [-0.25, -0.2) is 0 Å². The normalized spacial score (nSPS) is 11.8. The highest BCUT2D eigenvalue weighted by molar-refractivity contribution is 5.83. The number of carbonyl (C=O) groups is 1. The zero-order chi connectivity index (χ0) is 18.1. The van der Waals surface area contributed by atoms with Crippen LogP contribution in [0, 0.1) is 5.41 Å². The molecule has 24 heavy (non-hydrogen) atoms. The van der Waals surface area contributed by atoms with Crippen LogP contribution in [0.15, 0.2) is 0 Å². The molecule has 0 radical (unpaired) electrons. The van der Waals surface area contributed by atoms with Crippen LogP contribution in [0.3, 0.4) is 0 Å². The van der Waals surface area contributed by atoms with Crippen LogP contribution in [-0.2, 0) is 4.79 Å². The van der Waals surface area contributed by atoms with E-state index in [1.54, 1.807) is 0 Å². The van der Waals surface area contributed by atoms with Gasteiger partial charge < -0.3 is 0 Å². The maximum atomic E-state index is 12.0. The maximum Gasteiger partial charge on any atom is 0.138 e. The Bertz CT molecular complexity index is 280. The summed E-state index contributed by atoms with van der Waals surface area (Å²) in [7, 11) is 0. The highest BCUT2D eigenvalue weighted by atomic mass is 16.1. The van der Waals surface area contributed by atoms with E-state index in [9.17, 15) is 4.79 Å². The molecule has 0 atom stereocenters. The first-order valence-electron chi connectivity index (χ1n) is 11.1. The summed E-state index contributed by atoms with van der Waals surface area (Å²) in [5.41, 5.74) is -0.101. The van der Waals surface area contributed by atoms with E-state index in [2.05, 4.69) is 27.7 Å². The molecule has 0 bridgehead atoms. The van der Waals surface area contributed by atoms with E-state index in [0.717, 1.165) is 19.3 Å². The monoisotopic (exact) mass is 338 g/mol. The van der Waals surface area contributed by atoms with Gasteiger partial charge in [-0.05, 0) is 12.8 Å². The SMILES string of the molecule is CCCCCCCCCCCCCCCCCC(=O)C(C)(C)CC. The van der Waals surface area contributed by atoms with Crippen LogP contribution in [0.5, 0.6) is 0 Å². The standard InChI is InChI=1S/C23H46O/c1-5-7-8-9-10-11-12-13-14-15-16-17-18-19-20-21-22(24)23(3,4)6-2/h5-21H2,1-4H3. The van der Waals surface area contributed by atoms with Crippen molar-refractivity contribution >= 4 is 5.78 Å². The molecule has 0 unspecified atom stereocenters. The van der Waals surface area contributed by atoms with Gasteiger partial charge in [0, 0.05) is 11.8 Å². The lowest BCUT2D eigenvalue weighted by Gasteiger charge is -2.20. The van der Waals surface area contributed by atoms with Gasteiger partial charge in [0.2, 0.25) is 0 Å². The third-order valence-electron chi connectivity index (χ3n) is 5.65. The Morgan fingerprint density at radius 3 is 1.25 bits per heavy atom. The maximum absolute atomic E-state index is 12.0. The summed E-state index contributed by atoms with van der Waals surface area (Å²) in [5, 5.41) is 0. The average molecular weight is 339 g/mol. The Kier molecular flexibility index (Phi) is 15.9. The second-order valence-corrected chi connectivity index (χ2v) is 8.36. The second-order valence-electron chi connectivity index (χ2n) is 8.36. The van der Waals surface area contributed by atoms with E-state index in [1.807, 2.05) is 0 Å². The molecule has 0 rings (SSSR count). The fourth-order valence-electron chi connectivity index (χ4n) is 3.19. The lowest BCUT2D eigenvalue weighted by atomic mass is 9.83. The topological polar surface area (TPSA) is 17.1 Å². The molecule has 1 heteroatoms. The zero-order valence-corrected chi connectivity index (χ0v) is 17.4. The van der Waals surface area contributed by atoms with Gasteiger partial charge in [-0.3, -0.25) is 4.79 Å². The number of ketones is 1. The van der Waals surface area contributed by atoms with Crippen LogP contribution in [0.4, 0.5) is 0 Å². The number of Topliss-reactive ketones (excluding diaryl/α,β-unsaturated/α-hetero) is 1. The molecule has 0 heterocycles. The molecule has 0 aliphatic rings. The van der Waals surface area contributed by atoms with Crippen LogP contribution in [-0.4, -0.2) is 5.78 Å². The molecule has 0 saturated carbocycles. The van der Waals surface area contributed by atoms with Crippen molar-refractivity contribution in [2.24, 2.45) is 5.41 Å². The molecule has 0 aromatic heterocycles. The zero-order valence-electron chi connectivity index (χ0n) is 17.4. The second kappa shape index (κ2) is 16.2. The molecule has 0 aromatic rings. The fraction of sp³-hybridized carbons (Fsp3) is 0.957. The summed E-state index contributed by atoms with van der Waals surface area (Å²) < 4.78 is 0. The Balaban J connectivity index is 3.19. The third kappa shape index (κ3) is 14.1. The molecule has 0 aliphatic heterocycles. The van der Waals surface area contributed by atoms with Crippen molar-refractivity contribution < 1.29 is 4.79 Å².